The van der Waals surface area contributed by atoms with Gasteiger partial charge in [-0.15, -0.1) is 0 Å². The summed E-state index contributed by atoms with van der Waals surface area (Å²) in [5.41, 5.74) is 0.795. The number of nitrogens with zero attached hydrogens (tertiary/aromatic N) is 4. The molecule has 0 fully saturated rings. The molecule has 0 aliphatic carbocycles. The minimum atomic E-state index is 0.155. The summed E-state index contributed by atoms with van der Waals surface area (Å²) in [6, 6.07) is 7.30. The van der Waals surface area contributed by atoms with E-state index in [9.17, 15) is 0 Å². The molecule has 0 aliphatic rings. The summed E-state index contributed by atoms with van der Waals surface area (Å²) in [7, 11) is 1.92. The molecule has 2 rings (SSSR count). The lowest BCUT2D eigenvalue weighted by Gasteiger charge is -2.16. The lowest BCUT2D eigenvalue weighted by Crippen LogP contribution is -2.21. The van der Waals surface area contributed by atoms with Gasteiger partial charge in [0.1, 0.15) is 0 Å². The number of aromatic nitrogens is 3. The maximum absolute atomic E-state index is 5.94. The Balaban J connectivity index is 2.23. The van der Waals surface area contributed by atoms with Crippen LogP contribution in [0.2, 0.25) is 10.3 Å². The second kappa shape index (κ2) is 6.72. The van der Waals surface area contributed by atoms with Crippen molar-refractivity contribution in [1.29, 1.82) is 0 Å². The quantitative estimate of drug-likeness (QED) is 0.911. The van der Waals surface area contributed by atoms with Crippen LogP contribution in [0, 0.1) is 0 Å². The van der Waals surface area contributed by atoms with Crippen molar-refractivity contribution in [3.63, 3.8) is 0 Å². The fraction of sp³-hybridized carbons (Fsp3) is 0.308. The summed E-state index contributed by atoms with van der Waals surface area (Å²) < 4.78 is 0. The van der Waals surface area contributed by atoms with Gasteiger partial charge in [-0.05, 0) is 36.2 Å². The molecular formula is C13H15Cl2N5. The van der Waals surface area contributed by atoms with Crippen molar-refractivity contribution in [3.05, 3.63) is 34.6 Å². The predicted molar refractivity (Wildman–Crippen MR) is 83.1 cm³/mol. The molecule has 7 heteroatoms. The van der Waals surface area contributed by atoms with E-state index >= 15 is 0 Å². The average Bonchev–Trinajstić information content (AvgIpc) is 2.38. The lowest BCUT2D eigenvalue weighted by atomic mass is 10.3. The standard InChI is InChI=1S/C13H15Cl2N5/c1-3-7-20(2)13-18-11(15)17-12(19-13)16-10-6-4-5-9(14)8-10/h4-6,8H,3,7H2,1-2H3,(H,16,17,18,19). The van der Waals surface area contributed by atoms with Crippen LogP contribution in [0.1, 0.15) is 13.3 Å². The van der Waals surface area contributed by atoms with Gasteiger partial charge in [0.05, 0.1) is 0 Å². The Morgan fingerprint density at radius 2 is 2.00 bits per heavy atom. The number of rotatable bonds is 5. The smallest absolute Gasteiger partial charge is 0.233 e. The minimum absolute atomic E-state index is 0.155. The molecule has 0 saturated carbocycles. The van der Waals surface area contributed by atoms with E-state index in [4.69, 9.17) is 23.2 Å². The van der Waals surface area contributed by atoms with Crippen LogP contribution in [0.3, 0.4) is 0 Å². The summed E-state index contributed by atoms with van der Waals surface area (Å²) in [6.07, 6.45) is 0.997. The zero-order valence-electron chi connectivity index (χ0n) is 11.3. The Morgan fingerprint density at radius 3 is 2.70 bits per heavy atom. The molecule has 1 aromatic carbocycles. The molecule has 1 heterocycles. The molecule has 0 unspecified atom stereocenters. The van der Waals surface area contributed by atoms with Crippen LogP contribution in [-0.2, 0) is 0 Å². The van der Waals surface area contributed by atoms with Crippen molar-refractivity contribution >= 4 is 40.8 Å². The molecule has 0 amide bonds. The Kier molecular flexibility index (Phi) is 4.98. The van der Waals surface area contributed by atoms with Gasteiger partial charge in [0.2, 0.25) is 17.2 Å². The number of nitrogens with one attached hydrogen (secondary N) is 1. The molecule has 0 spiro atoms. The fourth-order valence-corrected chi connectivity index (χ4v) is 2.04. The van der Waals surface area contributed by atoms with Crippen LogP contribution in [0.5, 0.6) is 0 Å². The van der Waals surface area contributed by atoms with Crippen LogP contribution in [-0.4, -0.2) is 28.5 Å². The molecule has 0 aliphatic heterocycles. The second-order valence-electron chi connectivity index (χ2n) is 4.28. The first-order valence-electron chi connectivity index (χ1n) is 6.24. The summed E-state index contributed by atoms with van der Waals surface area (Å²) in [4.78, 5) is 14.4. The van der Waals surface area contributed by atoms with E-state index in [-0.39, 0.29) is 5.28 Å². The van der Waals surface area contributed by atoms with E-state index in [2.05, 4.69) is 27.2 Å². The summed E-state index contributed by atoms with van der Waals surface area (Å²) in [5, 5.41) is 3.86. The third-order valence-corrected chi connectivity index (χ3v) is 2.98. The summed E-state index contributed by atoms with van der Waals surface area (Å²) in [5.74, 6) is 0.932. The van der Waals surface area contributed by atoms with Crippen LogP contribution in [0.4, 0.5) is 17.6 Å². The number of hydrogen-bond donors (Lipinski definition) is 1. The van der Waals surface area contributed by atoms with Gasteiger partial charge in [-0.3, -0.25) is 0 Å². The lowest BCUT2D eigenvalue weighted by molar-refractivity contribution is 0.813. The van der Waals surface area contributed by atoms with E-state index in [1.165, 1.54) is 0 Å². The summed E-state index contributed by atoms with van der Waals surface area (Å²) >= 11 is 11.9. The Morgan fingerprint density at radius 1 is 1.20 bits per heavy atom. The molecule has 0 saturated heterocycles. The second-order valence-corrected chi connectivity index (χ2v) is 5.06. The Hall–Kier alpha value is -1.59. The molecule has 1 N–H and O–H groups in total. The van der Waals surface area contributed by atoms with E-state index < -0.39 is 0 Å². The number of hydrogen-bond acceptors (Lipinski definition) is 5. The van der Waals surface area contributed by atoms with Crippen LogP contribution in [0.25, 0.3) is 0 Å². The van der Waals surface area contributed by atoms with Crippen molar-refractivity contribution < 1.29 is 0 Å². The SMILES string of the molecule is CCCN(C)c1nc(Cl)nc(Nc2cccc(Cl)c2)n1. The van der Waals surface area contributed by atoms with Gasteiger partial charge in [-0.2, -0.15) is 15.0 Å². The molecule has 20 heavy (non-hydrogen) atoms. The third-order valence-electron chi connectivity index (χ3n) is 2.58. The fourth-order valence-electron chi connectivity index (χ4n) is 1.70. The molecule has 0 bridgehead atoms. The van der Waals surface area contributed by atoms with Gasteiger partial charge in [0, 0.05) is 24.3 Å². The zero-order chi connectivity index (χ0) is 14.5. The van der Waals surface area contributed by atoms with Crippen molar-refractivity contribution in [2.24, 2.45) is 0 Å². The van der Waals surface area contributed by atoms with Gasteiger partial charge < -0.3 is 10.2 Å². The Bertz CT molecular complexity index is 591. The largest absolute Gasteiger partial charge is 0.344 e. The molecule has 1 aromatic heterocycles. The Labute approximate surface area is 128 Å². The molecule has 0 radical (unpaired) electrons. The van der Waals surface area contributed by atoms with Crippen molar-refractivity contribution in [1.82, 2.24) is 15.0 Å². The molecule has 106 valence electrons. The third kappa shape index (κ3) is 3.95. The highest BCUT2D eigenvalue weighted by Crippen LogP contribution is 2.20. The number of halogens is 2. The number of anilines is 3. The van der Waals surface area contributed by atoms with E-state index in [0.29, 0.717) is 16.9 Å². The first-order chi connectivity index (χ1) is 9.58. The highest BCUT2D eigenvalue weighted by atomic mass is 35.5. The van der Waals surface area contributed by atoms with Crippen LogP contribution < -0.4 is 10.2 Å². The van der Waals surface area contributed by atoms with Crippen LogP contribution >= 0.6 is 23.2 Å². The number of benzene rings is 1. The van der Waals surface area contributed by atoms with Gasteiger partial charge in [-0.1, -0.05) is 24.6 Å². The highest BCUT2D eigenvalue weighted by molar-refractivity contribution is 6.30. The van der Waals surface area contributed by atoms with Gasteiger partial charge in [-0.25, -0.2) is 0 Å². The zero-order valence-corrected chi connectivity index (χ0v) is 12.8. The molecular weight excluding hydrogens is 297 g/mol. The van der Waals surface area contributed by atoms with E-state index in [1.54, 1.807) is 12.1 Å². The topological polar surface area (TPSA) is 53.9 Å². The highest BCUT2D eigenvalue weighted by Gasteiger charge is 2.09. The van der Waals surface area contributed by atoms with Gasteiger partial charge >= 0.3 is 0 Å². The van der Waals surface area contributed by atoms with Gasteiger partial charge in [0.15, 0.2) is 0 Å². The maximum Gasteiger partial charge on any atom is 0.233 e. The van der Waals surface area contributed by atoms with Crippen molar-refractivity contribution in [3.8, 4) is 0 Å². The van der Waals surface area contributed by atoms with E-state index in [1.807, 2.05) is 24.1 Å². The molecule has 0 atom stereocenters. The minimum Gasteiger partial charge on any atom is -0.344 e. The van der Waals surface area contributed by atoms with Gasteiger partial charge in [0.25, 0.3) is 0 Å². The molecule has 2 aromatic rings. The van der Waals surface area contributed by atoms with E-state index in [0.717, 1.165) is 18.7 Å². The summed E-state index contributed by atoms with van der Waals surface area (Å²) in [6.45, 7) is 2.93. The monoisotopic (exact) mass is 311 g/mol. The predicted octanol–water partition coefficient (Wildman–Crippen LogP) is 3.77. The average molecular weight is 312 g/mol. The van der Waals surface area contributed by atoms with Crippen molar-refractivity contribution in [2.75, 3.05) is 23.8 Å². The van der Waals surface area contributed by atoms with Crippen molar-refractivity contribution in [2.45, 2.75) is 13.3 Å². The first-order valence-corrected chi connectivity index (χ1v) is 6.99. The van der Waals surface area contributed by atoms with Crippen LogP contribution in [0.15, 0.2) is 24.3 Å². The normalized spacial score (nSPS) is 10.4. The molecule has 5 nitrogen and oxygen atoms in total. The maximum atomic E-state index is 5.94. The first kappa shape index (κ1) is 14.8.